The van der Waals surface area contributed by atoms with Crippen molar-refractivity contribution in [3.63, 3.8) is 0 Å². The molecular weight excluding hydrogens is 272 g/mol. The molecule has 0 aliphatic rings. The summed E-state index contributed by atoms with van der Waals surface area (Å²) in [5.41, 5.74) is 2.62. The summed E-state index contributed by atoms with van der Waals surface area (Å²) in [5.74, 6) is -0.339. The molecule has 0 radical (unpaired) electrons. The number of rotatable bonds is 2. The average Bonchev–Trinajstić information content (AvgIpc) is 2.88. The first-order valence-corrected chi connectivity index (χ1v) is 6.91. The zero-order chi connectivity index (χ0) is 14.1. The first-order chi connectivity index (χ1) is 9.69. The van der Waals surface area contributed by atoms with Crippen LogP contribution in [0.15, 0.2) is 36.5 Å². The van der Waals surface area contributed by atoms with Crippen LogP contribution < -0.4 is 0 Å². The number of fused-ring (bicyclic) bond motifs is 1. The fourth-order valence-electron chi connectivity index (χ4n) is 2.01. The highest BCUT2D eigenvalue weighted by atomic mass is 32.1. The number of hydrogen-bond donors (Lipinski definition) is 0. The van der Waals surface area contributed by atoms with Gasteiger partial charge < -0.3 is 4.74 Å². The van der Waals surface area contributed by atoms with E-state index < -0.39 is 0 Å². The molecule has 100 valence electrons. The van der Waals surface area contributed by atoms with Crippen molar-refractivity contribution in [3.05, 3.63) is 47.1 Å². The highest BCUT2D eigenvalue weighted by molar-refractivity contribution is 7.17. The molecule has 4 nitrogen and oxygen atoms in total. The Labute approximate surface area is 120 Å². The Bertz CT molecular complexity index is 795. The lowest BCUT2D eigenvalue weighted by molar-refractivity contribution is 0.0605. The van der Waals surface area contributed by atoms with Gasteiger partial charge in [0.25, 0.3) is 0 Å². The lowest BCUT2D eigenvalue weighted by Gasteiger charge is -1.99. The van der Waals surface area contributed by atoms with Crippen LogP contribution in [0.4, 0.5) is 0 Å². The van der Waals surface area contributed by atoms with Gasteiger partial charge in [0.1, 0.15) is 9.88 Å². The zero-order valence-corrected chi connectivity index (χ0v) is 11.9. The molecule has 0 saturated carbocycles. The second-order valence-electron chi connectivity index (χ2n) is 4.34. The van der Waals surface area contributed by atoms with Crippen LogP contribution in [0.25, 0.3) is 21.5 Å². The molecule has 0 bridgehead atoms. The van der Waals surface area contributed by atoms with Crippen molar-refractivity contribution in [1.82, 2.24) is 9.97 Å². The maximum Gasteiger partial charge on any atom is 0.349 e. The van der Waals surface area contributed by atoms with Crippen LogP contribution in [0, 0.1) is 6.92 Å². The van der Waals surface area contributed by atoms with Gasteiger partial charge in [-0.3, -0.25) is 4.98 Å². The summed E-state index contributed by atoms with van der Waals surface area (Å²) in [4.78, 5) is 20.9. The zero-order valence-electron chi connectivity index (χ0n) is 11.1. The monoisotopic (exact) mass is 284 g/mol. The van der Waals surface area contributed by atoms with E-state index in [1.165, 1.54) is 18.4 Å². The number of pyridine rings is 1. The number of ether oxygens (including phenoxy) is 1. The Kier molecular flexibility index (Phi) is 3.20. The van der Waals surface area contributed by atoms with Crippen LogP contribution in [0.5, 0.6) is 0 Å². The maximum absolute atomic E-state index is 11.6. The highest BCUT2D eigenvalue weighted by Gasteiger charge is 2.16. The van der Waals surface area contributed by atoms with Gasteiger partial charge in [0.2, 0.25) is 0 Å². The maximum atomic E-state index is 11.6. The van der Waals surface area contributed by atoms with Crippen molar-refractivity contribution in [2.24, 2.45) is 0 Å². The molecule has 0 atom stereocenters. The Balaban J connectivity index is 2.09. The van der Waals surface area contributed by atoms with Crippen LogP contribution in [0.2, 0.25) is 0 Å². The number of esters is 1. The Morgan fingerprint density at radius 3 is 2.95 bits per heavy atom. The van der Waals surface area contributed by atoms with Crippen molar-refractivity contribution in [3.8, 4) is 10.6 Å². The number of nitrogens with zero attached hydrogens (tertiary/aromatic N) is 2. The molecule has 2 aromatic heterocycles. The first kappa shape index (κ1) is 12.7. The van der Waals surface area contributed by atoms with Gasteiger partial charge in [0.05, 0.1) is 18.3 Å². The van der Waals surface area contributed by atoms with E-state index in [2.05, 4.69) is 9.97 Å². The summed E-state index contributed by atoms with van der Waals surface area (Å²) in [7, 11) is 1.38. The highest BCUT2D eigenvalue weighted by Crippen LogP contribution is 2.30. The number of methoxy groups -OCH3 is 1. The molecule has 20 heavy (non-hydrogen) atoms. The van der Waals surface area contributed by atoms with Crippen molar-refractivity contribution < 1.29 is 9.53 Å². The van der Waals surface area contributed by atoms with Crippen molar-refractivity contribution in [2.45, 2.75) is 6.92 Å². The van der Waals surface area contributed by atoms with E-state index >= 15 is 0 Å². The number of aromatic nitrogens is 2. The van der Waals surface area contributed by atoms with E-state index in [9.17, 15) is 4.79 Å². The molecule has 0 aliphatic heterocycles. The van der Waals surface area contributed by atoms with E-state index in [4.69, 9.17) is 4.74 Å². The minimum absolute atomic E-state index is 0.339. The van der Waals surface area contributed by atoms with Gasteiger partial charge in [-0.15, -0.1) is 11.3 Å². The molecule has 5 heteroatoms. The van der Waals surface area contributed by atoms with Crippen molar-refractivity contribution >= 4 is 28.2 Å². The van der Waals surface area contributed by atoms with Gasteiger partial charge in [0, 0.05) is 17.1 Å². The summed E-state index contributed by atoms with van der Waals surface area (Å²) in [5, 5.41) is 1.87. The normalized spacial score (nSPS) is 10.7. The number of benzene rings is 1. The predicted molar refractivity (Wildman–Crippen MR) is 78.9 cm³/mol. The van der Waals surface area contributed by atoms with Gasteiger partial charge in [-0.1, -0.05) is 6.07 Å². The first-order valence-electron chi connectivity index (χ1n) is 6.10. The quantitative estimate of drug-likeness (QED) is 0.676. The van der Waals surface area contributed by atoms with Gasteiger partial charge in [0.15, 0.2) is 0 Å². The third-order valence-electron chi connectivity index (χ3n) is 3.02. The third-order valence-corrected chi connectivity index (χ3v) is 4.20. The van der Waals surface area contributed by atoms with E-state index in [0.29, 0.717) is 10.6 Å². The predicted octanol–water partition coefficient (Wildman–Crippen LogP) is 3.45. The van der Waals surface area contributed by atoms with E-state index in [-0.39, 0.29) is 5.97 Å². The Hall–Kier alpha value is -2.27. The van der Waals surface area contributed by atoms with Crippen molar-refractivity contribution in [1.29, 1.82) is 0 Å². The molecule has 3 aromatic rings. The number of carbonyl (C=O) groups is 1. The SMILES string of the molecule is COC(=O)c1sc(-c2ccc3ncccc3c2)nc1C. The number of aryl methyl sites for hydroxylation is 1. The van der Waals surface area contributed by atoms with Gasteiger partial charge in [-0.25, -0.2) is 9.78 Å². The molecule has 1 aromatic carbocycles. The summed E-state index contributed by atoms with van der Waals surface area (Å²) in [6.45, 7) is 1.81. The molecule has 3 rings (SSSR count). The Morgan fingerprint density at radius 2 is 2.15 bits per heavy atom. The Morgan fingerprint density at radius 1 is 1.30 bits per heavy atom. The minimum atomic E-state index is -0.339. The number of thiazole rings is 1. The lowest BCUT2D eigenvalue weighted by Crippen LogP contribution is -1.99. The fraction of sp³-hybridized carbons (Fsp3) is 0.133. The van der Waals surface area contributed by atoms with E-state index in [1.807, 2.05) is 37.3 Å². The number of hydrogen-bond acceptors (Lipinski definition) is 5. The summed E-state index contributed by atoms with van der Waals surface area (Å²) < 4.78 is 4.76. The smallest absolute Gasteiger partial charge is 0.349 e. The molecule has 0 spiro atoms. The molecule has 0 fully saturated rings. The minimum Gasteiger partial charge on any atom is -0.465 e. The van der Waals surface area contributed by atoms with Gasteiger partial charge in [-0.2, -0.15) is 0 Å². The van der Waals surface area contributed by atoms with Crippen LogP contribution in [0.3, 0.4) is 0 Å². The number of carbonyl (C=O) groups excluding carboxylic acids is 1. The van der Waals surface area contributed by atoms with Crippen molar-refractivity contribution in [2.75, 3.05) is 7.11 Å². The van der Waals surface area contributed by atoms with Crippen LogP contribution in [0.1, 0.15) is 15.4 Å². The van der Waals surface area contributed by atoms with E-state index in [0.717, 1.165) is 21.5 Å². The largest absolute Gasteiger partial charge is 0.465 e. The summed E-state index contributed by atoms with van der Waals surface area (Å²) in [6, 6.07) is 9.86. The molecule has 2 heterocycles. The summed E-state index contributed by atoms with van der Waals surface area (Å²) >= 11 is 1.35. The molecular formula is C15H12N2O2S. The molecule has 0 N–H and O–H groups in total. The fourth-order valence-corrected chi connectivity index (χ4v) is 2.99. The molecule has 0 saturated heterocycles. The topological polar surface area (TPSA) is 52.1 Å². The van der Waals surface area contributed by atoms with Gasteiger partial charge >= 0.3 is 5.97 Å². The molecule has 0 unspecified atom stereocenters. The lowest BCUT2D eigenvalue weighted by atomic mass is 10.1. The van der Waals surface area contributed by atoms with Crippen LogP contribution in [-0.4, -0.2) is 23.0 Å². The third kappa shape index (κ3) is 2.16. The van der Waals surface area contributed by atoms with Crippen LogP contribution in [-0.2, 0) is 4.74 Å². The van der Waals surface area contributed by atoms with E-state index in [1.54, 1.807) is 6.20 Å². The summed E-state index contributed by atoms with van der Waals surface area (Å²) in [6.07, 6.45) is 1.77. The standard InChI is InChI=1S/C15H12N2O2S/c1-9-13(15(18)19-2)20-14(17-9)11-5-6-12-10(8-11)4-3-7-16-12/h3-8H,1-2H3. The average molecular weight is 284 g/mol. The molecule has 0 amide bonds. The van der Waals surface area contributed by atoms with Gasteiger partial charge in [-0.05, 0) is 31.2 Å². The van der Waals surface area contributed by atoms with Crippen LogP contribution >= 0.6 is 11.3 Å². The second-order valence-corrected chi connectivity index (χ2v) is 5.34. The second kappa shape index (κ2) is 5.02. The molecule has 0 aliphatic carbocycles.